The molecule has 4 heteroatoms. The second-order valence-electron chi connectivity index (χ2n) is 5.90. The minimum absolute atomic E-state index is 0.0144. The maximum absolute atomic E-state index is 12.3. The van der Waals surface area contributed by atoms with Gasteiger partial charge in [0.25, 0.3) is 0 Å². The zero-order valence-electron chi connectivity index (χ0n) is 13.1. The molecule has 114 valence electrons. The van der Waals surface area contributed by atoms with Crippen molar-refractivity contribution in [3.8, 4) is 0 Å². The van der Waals surface area contributed by atoms with Crippen LogP contribution in [0.2, 0.25) is 0 Å². The van der Waals surface area contributed by atoms with Crippen LogP contribution in [0.25, 0.3) is 10.9 Å². The lowest BCUT2D eigenvalue weighted by molar-refractivity contribution is -0.131. The number of nitrogens with zero attached hydrogens (tertiary/aromatic N) is 1. The normalized spacial score (nSPS) is 14.1. The van der Waals surface area contributed by atoms with Crippen molar-refractivity contribution in [1.82, 2.24) is 9.88 Å². The van der Waals surface area contributed by atoms with Gasteiger partial charge in [-0.3, -0.25) is 4.79 Å². The zero-order chi connectivity index (χ0) is 15.4. The van der Waals surface area contributed by atoms with Gasteiger partial charge in [-0.1, -0.05) is 38.5 Å². The van der Waals surface area contributed by atoms with Crippen LogP contribution in [0.15, 0.2) is 30.5 Å². The Morgan fingerprint density at radius 1 is 1.38 bits per heavy atom. The molecule has 2 aromatic rings. The van der Waals surface area contributed by atoms with Crippen LogP contribution in [0.4, 0.5) is 0 Å². The SMILES string of the molecule is CCC(C)CN(C)C(=O)[C@H](N)Cc1c[nH]c2ccccc12. The van der Waals surface area contributed by atoms with E-state index in [0.29, 0.717) is 12.3 Å². The number of nitrogens with two attached hydrogens (primary N) is 1. The van der Waals surface area contributed by atoms with Crippen molar-refractivity contribution in [3.63, 3.8) is 0 Å². The number of H-pyrrole nitrogens is 1. The third kappa shape index (κ3) is 3.64. The fourth-order valence-corrected chi connectivity index (χ4v) is 2.59. The smallest absolute Gasteiger partial charge is 0.239 e. The molecule has 4 nitrogen and oxygen atoms in total. The lowest BCUT2D eigenvalue weighted by Gasteiger charge is -2.24. The zero-order valence-corrected chi connectivity index (χ0v) is 13.1. The van der Waals surface area contributed by atoms with Crippen molar-refractivity contribution in [2.45, 2.75) is 32.7 Å². The van der Waals surface area contributed by atoms with Crippen LogP contribution in [0.3, 0.4) is 0 Å². The van der Waals surface area contributed by atoms with Gasteiger partial charge in [-0.25, -0.2) is 0 Å². The lowest BCUT2D eigenvalue weighted by Crippen LogP contribution is -2.44. The van der Waals surface area contributed by atoms with Gasteiger partial charge >= 0.3 is 0 Å². The predicted octanol–water partition coefficient (Wildman–Crippen LogP) is 2.54. The average molecular weight is 287 g/mol. The summed E-state index contributed by atoms with van der Waals surface area (Å²) in [5.41, 5.74) is 8.30. The van der Waals surface area contributed by atoms with Gasteiger partial charge in [0.1, 0.15) is 0 Å². The summed E-state index contributed by atoms with van der Waals surface area (Å²) in [6.07, 6.45) is 3.58. The van der Waals surface area contributed by atoms with E-state index in [1.807, 2.05) is 31.4 Å². The monoisotopic (exact) mass is 287 g/mol. The molecule has 0 bridgehead atoms. The Morgan fingerprint density at radius 3 is 2.81 bits per heavy atom. The summed E-state index contributed by atoms with van der Waals surface area (Å²) in [7, 11) is 1.84. The first kappa shape index (κ1) is 15.6. The Morgan fingerprint density at radius 2 is 2.10 bits per heavy atom. The molecule has 1 aromatic carbocycles. The molecule has 0 radical (unpaired) electrons. The van der Waals surface area contributed by atoms with Crippen molar-refractivity contribution in [2.24, 2.45) is 11.7 Å². The Balaban J connectivity index is 2.03. The molecule has 0 saturated carbocycles. The van der Waals surface area contributed by atoms with E-state index < -0.39 is 6.04 Å². The third-order valence-electron chi connectivity index (χ3n) is 4.09. The summed E-state index contributed by atoms with van der Waals surface area (Å²) in [6.45, 7) is 5.04. The Labute approximate surface area is 126 Å². The molecule has 1 amide bonds. The van der Waals surface area contributed by atoms with Gasteiger partial charge in [0.05, 0.1) is 6.04 Å². The molecule has 1 heterocycles. The summed E-state index contributed by atoms with van der Waals surface area (Å²) in [5, 5.41) is 1.14. The summed E-state index contributed by atoms with van der Waals surface area (Å²) in [4.78, 5) is 17.3. The number of carbonyl (C=O) groups is 1. The molecule has 0 aliphatic carbocycles. The molecular formula is C17H25N3O. The van der Waals surface area contributed by atoms with E-state index in [1.165, 1.54) is 0 Å². The minimum Gasteiger partial charge on any atom is -0.361 e. The highest BCUT2D eigenvalue weighted by Crippen LogP contribution is 2.19. The summed E-state index contributed by atoms with van der Waals surface area (Å²) < 4.78 is 0. The number of likely N-dealkylation sites (N-methyl/N-ethyl adjacent to an activating group) is 1. The Bertz CT molecular complexity index is 605. The fourth-order valence-electron chi connectivity index (χ4n) is 2.59. The van der Waals surface area contributed by atoms with Gasteiger partial charge in [0, 0.05) is 30.7 Å². The van der Waals surface area contributed by atoms with E-state index in [2.05, 4.69) is 24.9 Å². The van der Waals surface area contributed by atoms with Crippen LogP contribution < -0.4 is 5.73 Å². The van der Waals surface area contributed by atoms with Crippen LogP contribution in [-0.2, 0) is 11.2 Å². The van der Waals surface area contributed by atoms with Crippen LogP contribution in [0.5, 0.6) is 0 Å². The number of fused-ring (bicyclic) bond motifs is 1. The van der Waals surface area contributed by atoms with E-state index in [1.54, 1.807) is 4.90 Å². The largest absolute Gasteiger partial charge is 0.361 e. The van der Waals surface area contributed by atoms with E-state index in [0.717, 1.165) is 29.4 Å². The maximum atomic E-state index is 12.3. The highest BCUT2D eigenvalue weighted by Gasteiger charge is 2.20. The number of aromatic nitrogens is 1. The highest BCUT2D eigenvalue weighted by atomic mass is 16.2. The topological polar surface area (TPSA) is 62.1 Å². The van der Waals surface area contributed by atoms with E-state index in [4.69, 9.17) is 5.73 Å². The molecule has 1 unspecified atom stereocenters. The van der Waals surface area contributed by atoms with Crippen LogP contribution in [-0.4, -0.2) is 35.4 Å². The summed E-state index contributed by atoms with van der Waals surface area (Å²) >= 11 is 0. The molecule has 0 saturated heterocycles. The van der Waals surface area contributed by atoms with Gasteiger partial charge < -0.3 is 15.6 Å². The Kier molecular flexibility index (Phi) is 5.02. The second-order valence-corrected chi connectivity index (χ2v) is 5.90. The first-order chi connectivity index (χ1) is 10.0. The van der Waals surface area contributed by atoms with Crippen LogP contribution in [0.1, 0.15) is 25.8 Å². The number of hydrogen-bond donors (Lipinski definition) is 2. The standard InChI is InChI=1S/C17H25N3O/c1-4-12(2)11-20(3)17(21)15(18)9-13-10-19-16-8-6-5-7-14(13)16/h5-8,10,12,15,19H,4,9,11,18H2,1-3H3/t12?,15-/m1/s1. The van der Waals surface area contributed by atoms with Gasteiger partial charge in [0.2, 0.25) is 5.91 Å². The molecule has 2 atom stereocenters. The molecule has 0 spiro atoms. The van der Waals surface area contributed by atoms with Gasteiger partial charge in [-0.15, -0.1) is 0 Å². The van der Waals surface area contributed by atoms with E-state index in [-0.39, 0.29) is 5.91 Å². The molecule has 0 fully saturated rings. The number of amides is 1. The van der Waals surface area contributed by atoms with Crippen molar-refractivity contribution < 1.29 is 4.79 Å². The maximum Gasteiger partial charge on any atom is 0.239 e. The quantitative estimate of drug-likeness (QED) is 0.857. The van der Waals surface area contributed by atoms with Crippen molar-refractivity contribution in [1.29, 1.82) is 0 Å². The number of carbonyl (C=O) groups excluding carboxylic acids is 1. The molecule has 3 N–H and O–H groups in total. The van der Waals surface area contributed by atoms with Crippen molar-refractivity contribution in [3.05, 3.63) is 36.0 Å². The van der Waals surface area contributed by atoms with Gasteiger partial charge in [-0.05, 0) is 24.0 Å². The Hall–Kier alpha value is -1.81. The first-order valence-electron chi connectivity index (χ1n) is 7.58. The third-order valence-corrected chi connectivity index (χ3v) is 4.09. The average Bonchev–Trinajstić information content (AvgIpc) is 2.89. The second kappa shape index (κ2) is 6.76. The molecule has 2 rings (SSSR count). The lowest BCUT2D eigenvalue weighted by atomic mass is 10.0. The van der Waals surface area contributed by atoms with Gasteiger partial charge in [0.15, 0.2) is 0 Å². The number of rotatable bonds is 6. The van der Waals surface area contributed by atoms with Crippen molar-refractivity contribution in [2.75, 3.05) is 13.6 Å². The molecule has 21 heavy (non-hydrogen) atoms. The number of hydrogen-bond acceptors (Lipinski definition) is 2. The fraction of sp³-hybridized carbons (Fsp3) is 0.471. The highest BCUT2D eigenvalue weighted by molar-refractivity contribution is 5.86. The molecule has 0 aliphatic rings. The van der Waals surface area contributed by atoms with Crippen LogP contribution >= 0.6 is 0 Å². The number of aromatic amines is 1. The summed E-state index contributed by atoms with van der Waals surface area (Å²) in [6, 6.07) is 7.59. The number of para-hydroxylation sites is 1. The summed E-state index contributed by atoms with van der Waals surface area (Å²) in [5.74, 6) is 0.514. The number of benzene rings is 1. The van der Waals surface area contributed by atoms with E-state index >= 15 is 0 Å². The first-order valence-corrected chi connectivity index (χ1v) is 7.58. The molecular weight excluding hydrogens is 262 g/mol. The van der Waals surface area contributed by atoms with Gasteiger partial charge in [-0.2, -0.15) is 0 Å². The molecule has 1 aromatic heterocycles. The van der Waals surface area contributed by atoms with Crippen molar-refractivity contribution >= 4 is 16.8 Å². The number of nitrogens with one attached hydrogen (secondary N) is 1. The van der Waals surface area contributed by atoms with E-state index in [9.17, 15) is 4.79 Å². The van der Waals surface area contributed by atoms with Crippen LogP contribution in [0, 0.1) is 5.92 Å². The molecule has 0 aliphatic heterocycles. The predicted molar refractivity (Wildman–Crippen MR) is 87.1 cm³/mol. The minimum atomic E-state index is -0.488.